The van der Waals surface area contributed by atoms with E-state index >= 15 is 0 Å². The fourth-order valence-electron chi connectivity index (χ4n) is 9.00. The molecule has 2 aliphatic rings. The first-order valence-corrected chi connectivity index (χ1v) is 18.4. The number of hydrogen-bond acceptors (Lipinski definition) is 2. The molecule has 0 radical (unpaired) electrons. The Hall–Kier alpha value is -5.44. The molecule has 50 heavy (non-hydrogen) atoms. The first kappa shape index (κ1) is 29.5. The third-order valence-electron chi connectivity index (χ3n) is 11.4. The van der Waals surface area contributed by atoms with Crippen LogP contribution in [0.25, 0.3) is 64.7 Å². The van der Waals surface area contributed by atoms with Crippen molar-refractivity contribution >= 4 is 42.9 Å². The molecule has 2 aliphatic carbocycles. The van der Waals surface area contributed by atoms with Crippen LogP contribution in [0.5, 0.6) is 0 Å². The predicted molar refractivity (Wildman–Crippen MR) is 215 cm³/mol. The molecule has 1 nitrogen and oxygen atoms in total. The van der Waals surface area contributed by atoms with Crippen LogP contribution in [-0.4, -0.2) is 0 Å². The summed E-state index contributed by atoms with van der Waals surface area (Å²) < 4.78 is 2.68. The lowest BCUT2D eigenvalue weighted by atomic mass is 9.77. The highest BCUT2D eigenvalue weighted by molar-refractivity contribution is 7.25. The number of fused-ring (bicyclic) bond motifs is 9. The molecule has 0 unspecified atom stereocenters. The molecule has 2 heteroatoms. The maximum atomic E-state index is 3.71. The second kappa shape index (κ2) is 10.5. The molecule has 8 aromatic rings. The van der Waals surface area contributed by atoms with E-state index in [4.69, 9.17) is 0 Å². The lowest BCUT2D eigenvalue weighted by Crippen LogP contribution is -2.16. The summed E-state index contributed by atoms with van der Waals surface area (Å²) in [6.07, 6.45) is 0. The molecule has 0 atom stereocenters. The minimum Gasteiger partial charge on any atom is -0.356 e. The monoisotopic (exact) mass is 659 g/mol. The van der Waals surface area contributed by atoms with Gasteiger partial charge in [0.05, 0.1) is 0 Å². The first-order chi connectivity index (χ1) is 24.3. The summed E-state index contributed by atoms with van der Waals surface area (Å²) in [5.41, 5.74) is 18.2. The Morgan fingerprint density at radius 1 is 0.420 bits per heavy atom. The van der Waals surface area contributed by atoms with Crippen molar-refractivity contribution in [2.75, 3.05) is 5.32 Å². The Bertz CT molecular complexity index is 2670. The summed E-state index contributed by atoms with van der Waals surface area (Å²) in [5.74, 6) is 0. The van der Waals surface area contributed by atoms with Crippen LogP contribution < -0.4 is 5.32 Å². The molecule has 0 fully saturated rings. The third kappa shape index (κ3) is 4.18. The van der Waals surface area contributed by atoms with Crippen LogP contribution in [-0.2, 0) is 10.8 Å². The molecule has 0 saturated heterocycles. The SMILES string of the molecule is CC1(C)c2ccccc2-c2ccc(Nc3ccc(-c4cc5c(c(-c6cccc7sc8ccccc8c67)c4)C(C)(C)c4ccccc4-5)cc3)cc21. The topological polar surface area (TPSA) is 12.0 Å². The summed E-state index contributed by atoms with van der Waals surface area (Å²) in [6, 6.07) is 54.2. The molecule has 240 valence electrons. The van der Waals surface area contributed by atoms with E-state index in [1.807, 2.05) is 11.3 Å². The Kier molecular flexibility index (Phi) is 6.21. The molecule has 0 aliphatic heterocycles. The molecular formula is C48H37NS. The Labute approximate surface area is 297 Å². The smallest absolute Gasteiger partial charge is 0.0387 e. The van der Waals surface area contributed by atoms with E-state index in [1.165, 1.54) is 86.9 Å². The molecule has 1 heterocycles. The van der Waals surface area contributed by atoms with E-state index in [9.17, 15) is 0 Å². The van der Waals surface area contributed by atoms with Crippen molar-refractivity contribution in [3.8, 4) is 44.5 Å². The van der Waals surface area contributed by atoms with Crippen LogP contribution in [0.3, 0.4) is 0 Å². The zero-order valence-electron chi connectivity index (χ0n) is 28.8. The van der Waals surface area contributed by atoms with E-state index in [-0.39, 0.29) is 10.8 Å². The van der Waals surface area contributed by atoms with Gasteiger partial charge in [0.1, 0.15) is 0 Å². The zero-order valence-corrected chi connectivity index (χ0v) is 29.6. The number of thiophene rings is 1. The number of hydrogen-bond donors (Lipinski definition) is 1. The number of nitrogens with one attached hydrogen (secondary N) is 1. The molecule has 10 rings (SSSR count). The summed E-state index contributed by atoms with van der Waals surface area (Å²) in [7, 11) is 0. The van der Waals surface area contributed by atoms with Crippen LogP contribution in [0.4, 0.5) is 11.4 Å². The van der Waals surface area contributed by atoms with Gasteiger partial charge in [0.2, 0.25) is 0 Å². The number of benzene rings is 7. The van der Waals surface area contributed by atoms with Gasteiger partial charge in [0.15, 0.2) is 0 Å². The van der Waals surface area contributed by atoms with Gasteiger partial charge in [-0.25, -0.2) is 0 Å². The fraction of sp³-hybridized carbons (Fsp3) is 0.125. The Balaban J connectivity index is 1.08. The lowest BCUT2D eigenvalue weighted by molar-refractivity contribution is 0.660. The third-order valence-corrected chi connectivity index (χ3v) is 12.6. The van der Waals surface area contributed by atoms with Gasteiger partial charge >= 0.3 is 0 Å². The fourth-order valence-corrected chi connectivity index (χ4v) is 10.1. The molecule has 0 amide bonds. The molecule has 0 spiro atoms. The van der Waals surface area contributed by atoms with Gasteiger partial charge in [-0.1, -0.05) is 125 Å². The van der Waals surface area contributed by atoms with Crippen LogP contribution >= 0.6 is 11.3 Å². The summed E-state index contributed by atoms with van der Waals surface area (Å²) in [4.78, 5) is 0. The van der Waals surface area contributed by atoms with Gasteiger partial charge in [0.25, 0.3) is 0 Å². The number of rotatable bonds is 4. The van der Waals surface area contributed by atoms with E-state index in [0.717, 1.165) is 11.4 Å². The molecule has 7 aromatic carbocycles. The second-order valence-corrected chi connectivity index (χ2v) is 16.1. The highest BCUT2D eigenvalue weighted by Gasteiger charge is 2.38. The summed E-state index contributed by atoms with van der Waals surface area (Å²) >= 11 is 1.89. The molecule has 0 bridgehead atoms. The van der Waals surface area contributed by atoms with Crippen LogP contribution in [0.1, 0.15) is 49.9 Å². The van der Waals surface area contributed by atoms with E-state index in [0.29, 0.717) is 0 Å². The van der Waals surface area contributed by atoms with Crippen molar-refractivity contribution in [2.24, 2.45) is 0 Å². The standard InChI is InChI=1S/C48H37NS/c1-47(2)40-16-8-5-12-33(40)35-25-24-32(28-42(35)47)49-31-22-20-29(21-23-31)30-26-38-34-13-6-9-17-41(34)48(3,4)46(38)39(27-30)36-15-11-19-44-45(36)37-14-7-10-18-43(37)50-44/h5-28,49H,1-4H3. The van der Waals surface area contributed by atoms with E-state index < -0.39 is 0 Å². The van der Waals surface area contributed by atoms with Gasteiger partial charge in [-0.15, -0.1) is 11.3 Å². The quantitative estimate of drug-likeness (QED) is 0.198. The Morgan fingerprint density at radius 2 is 1.00 bits per heavy atom. The van der Waals surface area contributed by atoms with Crippen molar-refractivity contribution in [3.05, 3.63) is 168 Å². The number of anilines is 2. The van der Waals surface area contributed by atoms with Crippen molar-refractivity contribution in [1.82, 2.24) is 0 Å². The van der Waals surface area contributed by atoms with Crippen molar-refractivity contribution in [1.29, 1.82) is 0 Å². The normalized spacial score (nSPS) is 14.7. The van der Waals surface area contributed by atoms with Crippen LogP contribution in [0, 0.1) is 0 Å². The summed E-state index contributed by atoms with van der Waals surface area (Å²) in [6.45, 7) is 9.46. The maximum absolute atomic E-state index is 3.71. The van der Waals surface area contributed by atoms with E-state index in [1.54, 1.807) is 0 Å². The van der Waals surface area contributed by atoms with Gasteiger partial charge in [-0.05, 0) is 115 Å². The Morgan fingerprint density at radius 3 is 1.78 bits per heavy atom. The average Bonchev–Trinajstić information content (AvgIpc) is 3.72. The minimum absolute atomic E-state index is 0.0222. The highest BCUT2D eigenvalue weighted by atomic mass is 32.1. The van der Waals surface area contributed by atoms with Gasteiger partial charge in [-0.3, -0.25) is 0 Å². The van der Waals surface area contributed by atoms with Gasteiger partial charge in [0, 0.05) is 42.4 Å². The van der Waals surface area contributed by atoms with E-state index in [2.05, 4.69) is 179 Å². The molecule has 1 aromatic heterocycles. The second-order valence-electron chi connectivity index (χ2n) is 15.0. The highest BCUT2D eigenvalue weighted by Crippen LogP contribution is 2.55. The predicted octanol–water partition coefficient (Wildman–Crippen LogP) is 13.7. The zero-order chi connectivity index (χ0) is 33.8. The summed E-state index contributed by atoms with van der Waals surface area (Å²) in [5, 5.41) is 6.41. The van der Waals surface area contributed by atoms with Crippen molar-refractivity contribution in [2.45, 2.75) is 38.5 Å². The van der Waals surface area contributed by atoms with Crippen molar-refractivity contribution < 1.29 is 0 Å². The average molecular weight is 660 g/mol. The van der Waals surface area contributed by atoms with Crippen molar-refractivity contribution in [3.63, 3.8) is 0 Å². The first-order valence-electron chi connectivity index (χ1n) is 17.6. The molecular weight excluding hydrogens is 623 g/mol. The van der Waals surface area contributed by atoms with Gasteiger partial charge < -0.3 is 5.32 Å². The maximum Gasteiger partial charge on any atom is 0.0387 e. The molecule has 1 N–H and O–H groups in total. The van der Waals surface area contributed by atoms with Crippen LogP contribution in [0.15, 0.2) is 146 Å². The lowest BCUT2D eigenvalue weighted by Gasteiger charge is -2.25. The minimum atomic E-state index is -0.118. The van der Waals surface area contributed by atoms with Gasteiger partial charge in [-0.2, -0.15) is 0 Å². The van der Waals surface area contributed by atoms with Crippen LogP contribution in [0.2, 0.25) is 0 Å². The largest absolute Gasteiger partial charge is 0.356 e. The molecule has 0 saturated carbocycles.